The lowest BCUT2D eigenvalue weighted by atomic mass is 9.81. The van der Waals surface area contributed by atoms with Gasteiger partial charge in [-0.25, -0.2) is 0 Å². The molecule has 14 aliphatic heterocycles. The summed E-state index contributed by atoms with van der Waals surface area (Å²) in [6, 6.07) is 7.80. The quantitative estimate of drug-likeness (QED) is 0.0524. The molecule has 30 heteroatoms. The highest BCUT2D eigenvalue weighted by molar-refractivity contribution is 6.12. The van der Waals surface area contributed by atoms with E-state index in [9.17, 15) is 48.3 Å². The van der Waals surface area contributed by atoms with Crippen LogP contribution in [0.1, 0.15) is 115 Å². The Labute approximate surface area is 632 Å². The van der Waals surface area contributed by atoms with Gasteiger partial charge in [0.25, 0.3) is 11.8 Å². The zero-order valence-corrected chi connectivity index (χ0v) is 62.6. The minimum absolute atomic E-state index is 0.0129. The van der Waals surface area contributed by atoms with Gasteiger partial charge >= 0.3 is 0 Å². The van der Waals surface area contributed by atoms with E-state index in [0.717, 1.165) is 43.3 Å². The molecule has 15 rings (SSSR count). The smallest absolute Gasteiger partial charge is 0.253 e. The third-order valence-corrected chi connectivity index (χ3v) is 24.1. The Hall–Kier alpha value is -6.49. The first-order chi connectivity index (χ1) is 52.2. The first-order valence-corrected chi connectivity index (χ1v) is 39.5. The fourth-order valence-corrected chi connectivity index (χ4v) is 18.1. The number of hydrogen-bond acceptors (Lipinski definition) is 23. The summed E-state index contributed by atoms with van der Waals surface area (Å²) in [5.74, 6) is -4.82. The number of amides is 8. The summed E-state index contributed by atoms with van der Waals surface area (Å²) in [5.41, 5.74) is 2.74. The molecular formula is C78H112N10O20. The van der Waals surface area contributed by atoms with Crippen LogP contribution in [0, 0.1) is 11.8 Å². The predicted octanol–water partition coefficient (Wildman–Crippen LogP) is 0.545. The number of carbonyl (C=O) groups excluding carboxylic acids is 9. The Kier molecular flexibility index (Phi) is 27.1. The van der Waals surface area contributed by atoms with Gasteiger partial charge in [0.05, 0.1) is 107 Å². The summed E-state index contributed by atoms with van der Waals surface area (Å²) in [4.78, 5) is 129. The van der Waals surface area contributed by atoms with Crippen molar-refractivity contribution in [2.75, 3.05) is 125 Å². The van der Waals surface area contributed by atoms with Crippen molar-refractivity contribution in [1.29, 1.82) is 0 Å². The maximum Gasteiger partial charge on any atom is 0.253 e. The summed E-state index contributed by atoms with van der Waals surface area (Å²) >= 11 is 0. The Bertz CT molecular complexity index is 3390. The first-order valence-electron chi connectivity index (χ1n) is 39.5. The van der Waals surface area contributed by atoms with Crippen LogP contribution in [0.4, 0.5) is 0 Å². The van der Waals surface area contributed by atoms with E-state index >= 15 is 0 Å². The summed E-state index contributed by atoms with van der Waals surface area (Å²) in [7, 11) is 1.57. The van der Waals surface area contributed by atoms with Crippen LogP contribution in [0.3, 0.4) is 0 Å². The number of nitrogens with one attached hydrogen (secondary N) is 5. The second kappa shape index (κ2) is 36.8. The normalized spacial score (nSPS) is 35.8. The lowest BCUT2D eigenvalue weighted by Gasteiger charge is -2.47. The van der Waals surface area contributed by atoms with Crippen molar-refractivity contribution in [3.63, 3.8) is 0 Å². The van der Waals surface area contributed by atoms with E-state index in [0.29, 0.717) is 136 Å². The molecule has 0 aromatic heterocycles. The summed E-state index contributed by atoms with van der Waals surface area (Å²) in [5, 5.41) is 24.9. The second-order valence-corrected chi connectivity index (χ2v) is 31.6. The monoisotopic (exact) mass is 1510 g/mol. The Morgan fingerprint density at radius 2 is 1.31 bits per heavy atom. The topological polar surface area (TPSA) is 343 Å². The summed E-state index contributed by atoms with van der Waals surface area (Å²) < 4.78 is 66.9. The number of rotatable bonds is 22. The number of imide groups is 1. The van der Waals surface area contributed by atoms with Crippen molar-refractivity contribution in [2.24, 2.45) is 11.8 Å². The molecule has 108 heavy (non-hydrogen) atoms. The molecule has 1 aromatic carbocycles. The van der Waals surface area contributed by atoms with Crippen molar-refractivity contribution in [1.82, 2.24) is 51.1 Å². The molecule has 6 N–H and O–H groups in total. The predicted molar refractivity (Wildman–Crippen MR) is 388 cm³/mol. The van der Waals surface area contributed by atoms with Gasteiger partial charge in [-0.1, -0.05) is 50.4 Å². The molecule has 1 spiro atoms. The largest absolute Gasteiger partial charge is 0.391 e. The average molecular weight is 1510 g/mol. The van der Waals surface area contributed by atoms with E-state index in [1.807, 2.05) is 15.9 Å². The maximum absolute atomic E-state index is 14.6. The van der Waals surface area contributed by atoms with Crippen LogP contribution >= 0.6 is 0 Å². The molecule has 14 heterocycles. The third kappa shape index (κ3) is 20.2. The fraction of sp³-hybridized carbons (Fsp3) is 0.731. The molecule has 4 unspecified atom stereocenters. The average Bonchev–Trinajstić information content (AvgIpc) is 1.53. The number of nitrogens with zero attached hydrogens (tertiary/aromatic N) is 5. The minimum atomic E-state index is -1.17. The lowest BCUT2D eigenvalue weighted by molar-refractivity contribution is -0.292. The molecule has 0 radical (unpaired) electrons. The number of aliphatic hydroxyl groups is 1. The van der Waals surface area contributed by atoms with Crippen LogP contribution in [0.15, 0.2) is 66.8 Å². The number of ether oxygens (including phenoxy) is 10. The molecule has 22 atom stereocenters. The molecule has 594 valence electrons. The van der Waals surface area contributed by atoms with Crippen LogP contribution in [-0.4, -0.2) is 317 Å². The van der Waals surface area contributed by atoms with Gasteiger partial charge in [-0.05, 0) is 80.4 Å². The van der Waals surface area contributed by atoms with E-state index in [2.05, 4.69) is 56.5 Å². The van der Waals surface area contributed by atoms with E-state index in [4.69, 9.17) is 47.4 Å². The summed E-state index contributed by atoms with van der Waals surface area (Å²) in [6.45, 7) is 16.5. The Morgan fingerprint density at radius 3 is 2.06 bits per heavy atom. The molecule has 0 aliphatic carbocycles. The molecule has 13 saturated heterocycles. The molecule has 1 aromatic rings. The van der Waals surface area contributed by atoms with Gasteiger partial charge in [0.1, 0.15) is 42.3 Å². The number of unbranched alkanes of at least 4 members (excludes halogenated alkanes) is 1. The Morgan fingerprint density at radius 1 is 0.639 bits per heavy atom. The standard InChI is InChI=1S/C78H112N10O20/c1-47-34-53-13-15-58-48(2)35-55(101-58)19-20-78-41-63-73(107-78)74-75(106-63)76(108-78)72-59(105-74)16-14-54(103-72)37-51(89)38-56-61(40-60(102-53)49(47)3)104-62(71(56)99-4)39-52(90)42-79-65(92)44-82-77(98)57(36-50-10-6-5-7-11-50)83-66(93)45-80-64(91)43-81-67(94)46-86-24-22-84-26-28-87(29-27-85(23-25-86)31-33-100-32-30-84)68(95)12-8-9-21-88-69(96)17-18-70(88)97/h5-7,10-11,17-18,47,52-63,71-76,90H,2-3,8-9,12-16,19-46H2,1,4H3,(H,79,92)(H,80,91)(H,81,94)(H,82,98)(H,83,93)/t47-,52+,53+,54-,55+,56+,57+,58+,59+,60-,61+,62-,63-,71-,72+,73+,74?,75?,76+,78+/m1/s1. The van der Waals surface area contributed by atoms with Crippen LogP contribution in [0.2, 0.25) is 0 Å². The van der Waals surface area contributed by atoms with E-state index in [-0.39, 0.29) is 136 Å². The number of Topliss-reactive ketones (excluding diaryl/α,β-unsaturated/α-hetero) is 1. The zero-order chi connectivity index (χ0) is 75.6. The minimum Gasteiger partial charge on any atom is -0.391 e. The number of fused-ring (bicyclic) bond motifs is 18. The molecule has 13 fully saturated rings. The zero-order valence-electron chi connectivity index (χ0n) is 62.6. The van der Waals surface area contributed by atoms with Crippen LogP contribution in [-0.2, 0) is 96.9 Å². The van der Waals surface area contributed by atoms with Crippen LogP contribution < -0.4 is 26.6 Å². The number of ketones is 1. The van der Waals surface area contributed by atoms with Crippen molar-refractivity contribution < 1.29 is 95.6 Å². The van der Waals surface area contributed by atoms with Gasteiger partial charge in [-0.2, -0.15) is 0 Å². The van der Waals surface area contributed by atoms with Crippen LogP contribution in [0.5, 0.6) is 0 Å². The Balaban J connectivity index is 0.570. The SMILES string of the molecule is C=C1C[C@@H]2CC[C@@]34C[C@H]5OC6C(O[C@H]7CC[C@H](CC(=O)C[C@@H]8[C@@H](OC)[C@@H](C[C@H](O)CNC(=O)CNC(=O)[C@H](Cc9ccccc9)NC(=O)CNC(=O)CNC(=O)CN9CCN%10CCOCCN(CC9)CCN(C(=O)CCCCN9C(=O)C=CC9=O)CC%10)O[C@H]8C[C@H]8O[C@@H](CC[C@@H]1O2)C[C@@H](C)C8=C)O[C@@H]7[C@@H]6O3)[C@H]5O4. The lowest BCUT2D eigenvalue weighted by Crippen LogP contribution is -2.61. The van der Waals surface area contributed by atoms with E-state index < -0.39 is 104 Å². The second-order valence-electron chi connectivity index (χ2n) is 31.6. The molecule has 14 bridgehead atoms. The highest BCUT2D eigenvalue weighted by Crippen LogP contribution is 2.55. The van der Waals surface area contributed by atoms with Gasteiger partial charge in [0.15, 0.2) is 5.79 Å². The van der Waals surface area contributed by atoms with Crippen molar-refractivity contribution in [3.8, 4) is 0 Å². The van der Waals surface area contributed by atoms with Crippen molar-refractivity contribution >= 4 is 53.0 Å². The van der Waals surface area contributed by atoms with Gasteiger partial charge in [0, 0.05) is 155 Å². The van der Waals surface area contributed by atoms with Gasteiger partial charge < -0.3 is 84.0 Å². The van der Waals surface area contributed by atoms with Gasteiger partial charge in [-0.15, -0.1) is 0 Å². The number of carbonyl (C=O) groups is 9. The number of methoxy groups -OCH3 is 1. The van der Waals surface area contributed by atoms with Crippen LogP contribution in [0.25, 0.3) is 0 Å². The van der Waals surface area contributed by atoms with E-state index in [1.165, 1.54) is 17.1 Å². The third-order valence-electron chi connectivity index (χ3n) is 24.1. The molecule has 0 saturated carbocycles. The molecule has 8 amide bonds. The van der Waals surface area contributed by atoms with E-state index in [1.54, 1.807) is 31.4 Å². The highest BCUT2D eigenvalue weighted by Gasteiger charge is 2.69. The summed E-state index contributed by atoms with van der Waals surface area (Å²) in [6.07, 6.45) is 4.79. The molecular weight excluding hydrogens is 1400 g/mol. The highest BCUT2D eigenvalue weighted by atomic mass is 16.8. The number of hydrogen-bond donors (Lipinski definition) is 6. The number of benzene rings is 1. The first kappa shape index (κ1) is 79.6. The maximum atomic E-state index is 14.6. The van der Waals surface area contributed by atoms with Gasteiger partial charge in [0.2, 0.25) is 35.4 Å². The van der Waals surface area contributed by atoms with Gasteiger partial charge in [-0.3, -0.25) is 62.8 Å². The molecule has 30 nitrogen and oxygen atoms in total. The van der Waals surface area contributed by atoms with Crippen molar-refractivity contribution in [3.05, 3.63) is 72.4 Å². The number of aliphatic hydroxyl groups excluding tert-OH is 1. The fourth-order valence-electron chi connectivity index (χ4n) is 18.1. The molecule has 14 aliphatic rings. The van der Waals surface area contributed by atoms with Crippen molar-refractivity contribution in [2.45, 2.75) is 226 Å².